The topological polar surface area (TPSA) is 62.2 Å². The smallest absolute Gasteiger partial charge is 0.190 e. The molecule has 28 heavy (non-hydrogen) atoms. The SMILES string of the molecule is C/C(=N\Nc1nc2ccccc2nc1Nc1ccccc1)c1ccc(Br)cc1. The molecule has 0 atom stereocenters. The molecule has 0 bridgehead atoms. The Morgan fingerprint density at radius 3 is 2.07 bits per heavy atom. The fourth-order valence-electron chi connectivity index (χ4n) is 2.72. The molecule has 1 aromatic heterocycles. The Kier molecular flexibility index (Phi) is 5.30. The van der Waals surface area contributed by atoms with Crippen LogP contribution in [0.5, 0.6) is 0 Å². The van der Waals surface area contributed by atoms with Gasteiger partial charge in [0.25, 0.3) is 0 Å². The van der Waals surface area contributed by atoms with E-state index in [0.29, 0.717) is 11.6 Å². The Labute approximate surface area is 171 Å². The molecule has 138 valence electrons. The van der Waals surface area contributed by atoms with Crippen LogP contribution in [0.4, 0.5) is 17.3 Å². The number of halogens is 1. The van der Waals surface area contributed by atoms with Crippen molar-refractivity contribution in [3.05, 3.63) is 88.9 Å². The van der Waals surface area contributed by atoms with Crippen molar-refractivity contribution in [3.63, 3.8) is 0 Å². The lowest BCUT2D eigenvalue weighted by Crippen LogP contribution is -2.05. The quantitative estimate of drug-likeness (QED) is 0.301. The highest BCUT2D eigenvalue weighted by Crippen LogP contribution is 2.25. The molecule has 0 fully saturated rings. The second-order valence-electron chi connectivity index (χ2n) is 6.22. The van der Waals surface area contributed by atoms with Crippen molar-refractivity contribution in [1.82, 2.24) is 9.97 Å². The van der Waals surface area contributed by atoms with Gasteiger partial charge >= 0.3 is 0 Å². The van der Waals surface area contributed by atoms with E-state index in [2.05, 4.69) is 31.8 Å². The van der Waals surface area contributed by atoms with Gasteiger partial charge in [0, 0.05) is 10.2 Å². The monoisotopic (exact) mass is 431 g/mol. The number of nitrogens with one attached hydrogen (secondary N) is 2. The third-order valence-corrected chi connectivity index (χ3v) is 4.73. The summed E-state index contributed by atoms with van der Waals surface area (Å²) >= 11 is 3.45. The van der Waals surface area contributed by atoms with Crippen molar-refractivity contribution in [2.75, 3.05) is 10.7 Å². The summed E-state index contributed by atoms with van der Waals surface area (Å²) < 4.78 is 1.03. The summed E-state index contributed by atoms with van der Waals surface area (Å²) in [4.78, 5) is 9.42. The number of rotatable bonds is 5. The first-order valence-electron chi connectivity index (χ1n) is 8.84. The first-order valence-corrected chi connectivity index (χ1v) is 9.63. The third kappa shape index (κ3) is 4.18. The number of hydrogen-bond acceptors (Lipinski definition) is 5. The Balaban J connectivity index is 1.68. The van der Waals surface area contributed by atoms with E-state index in [4.69, 9.17) is 9.97 Å². The van der Waals surface area contributed by atoms with Crippen molar-refractivity contribution in [3.8, 4) is 0 Å². The van der Waals surface area contributed by atoms with E-state index in [1.54, 1.807) is 0 Å². The molecule has 6 heteroatoms. The van der Waals surface area contributed by atoms with Gasteiger partial charge in [-0.15, -0.1) is 0 Å². The number of aromatic nitrogens is 2. The maximum Gasteiger partial charge on any atom is 0.190 e. The summed E-state index contributed by atoms with van der Waals surface area (Å²) in [5.74, 6) is 1.19. The molecule has 1 heterocycles. The van der Waals surface area contributed by atoms with Gasteiger partial charge in [-0.05, 0) is 48.9 Å². The van der Waals surface area contributed by atoms with E-state index >= 15 is 0 Å². The van der Waals surface area contributed by atoms with E-state index in [-0.39, 0.29) is 0 Å². The van der Waals surface area contributed by atoms with Gasteiger partial charge in [-0.25, -0.2) is 9.97 Å². The van der Waals surface area contributed by atoms with Gasteiger partial charge < -0.3 is 5.32 Å². The summed E-state index contributed by atoms with van der Waals surface area (Å²) in [6.07, 6.45) is 0. The zero-order valence-corrected chi connectivity index (χ0v) is 16.8. The molecule has 2 N–H and O–H groups in total. The van der Waals surface area contributed by atoms with Gasteiger partial charge in [0.1, 0.15) is 0 Å². The fourth-order valence-corrected chi connectivity index (χ4v) is 2.98. The largest absolute Gasteiger partial charge is 0.337 e. The summed E-state index contributed by atoms with van der Waals surface area (Å²) in [5, 5.41) is 7.84. The summed E-state index contributed by atoms with van der Waals surface area (Å²) in [6, 6.07) is 25.7. The Morgan fingerprint density at radius 2 is 1.39 bits per heavy atom. The Morgan fingerprint density at radius 1 is 0.786 bits per heavy atom. The Hall–Kier alpha value is -3.25. The van der Waals surface area contributed by atoms with Crippen LogP contribution in [0.2, 0.25) is 0 Å². The highest BCUT2D eigenvalue weighted by Gasteiger charge is 2.09. The number of anilines is 3. The molecule has 4 rings (SSSR count). The van der Waals surface area contributed by atoms with Crippen LogP contribution in [0.1, 0.15) is 12.5 Å². The second kappa shape index (κ2) is 8.19. The van der Waals surface area contributed by atoms with Crippen LogP contribution in [-0.4, -0.2) is 15.7 Å². The molecule has 0 amide bonds. The predicted molar refractivity (Wildman–Crippen MR) is 119 cm³/mol. The van der Waals surface area contributed by atoms with Crippen molar-refractivity contribution < 1.29 is 0 Å². The van der Waals surface area contributed by atoms with Crippen LogP contribution in [0.25, 0.3) is 11.0 Å². The lowest BCUT2D eigenvalue weighted by molar-refractivity contribution is 1.20. The number of nitrogens with zero attached hydrogens (tertiary/aromatic N) is 3. The molecule has 4 aromatic rings. The van der Waals surface area contributed by atoms with Gasteiger partial charge in [0.2, 0.25) is 0 Å². The molecule has 0 saturated heterocycles. The molecule has 0 aliphatic carbocycles. The van der Waals surface area contributed by atoms with Gasteiger partial charge in [-0.2, -0.15) is 5.10 Å². The molecule has 0 spiro atoms. The third-order valence-electron chi connectivity index (χ3n) is 4.20. The first-order chi connectivity index (χ1) is 13.7. The van der Waals surface area contributed by atoms with Crippen LogP contribution in [0, 0.1) is 0 Å². The van der Waals surface area contributed by atoms with Crippen LogP contribution in [0.3, 0.4) is 0 Å². The van der Waals surface area contributed by atoms with Crippen molar-refractivity contribution in [2.24, 2.45) is 5.10 Å². The van der Waals surface area contributed by atoms with Gasteiger partial charge in [-0.3, -0.25) is 5.43 Å². The zero-order chi connectivity index (χ0) is 19.3. The minimum Gasteiger partial charge on any atom is -0.337 e. The number of hydrazone groups is 1. The number of benzene rings is 3. The van der Waals surface area contributed by atoms with E-state index in [1.807, 2.05) is 85.8 Å². The number of para-hydroxylation sites is 3. The van der Waals surface area contributed by atoms with Gasteiger partial charge in [0.15, 0.2) is 11.6 Å². The van der Waals surface area contributed by atoms with Crippen molar-refractivity contribution in [2.45, 2.75) is 6.92 Å². The minimum absolute atomic E-state index is 0.569. The van der Waals surface area contributed by atoms with E-state index in [9.17, 15) is 0 Å². The van der Waals surface area contributed by atoms with Crippen LogP contribution >= 0.6 is 15.9 Å². The first kappa shape index (κ1) is 18.1. The second-order valence-corrected chi connectivity index (χ2v) is 7.13. The molecule has 0 radical (unpaired) electrons. The molecule has 0 unspecified atom stereocenters. The van der Waals surface area contributed by atoms with Gasteiger partial charge in [-0.1, -0.05) is 58.4 Å². The van der Waals surface area contributed by atoms with Crippen LogP contribution < -0.4 is 10.7 Å². The Bertz CT molecular complexity index is 1120. The lowest BCUT2D eigenvalue weighted by Gasteiger charge is -2.12. The highest BCUT2D eigenvalue weighted by molar-refractivity contribution is 9.10. The zero-order valence-electron chi connectivity index (χ0n) is 15.2. The lowest BCUT2D eigenvalue weighted by atomic mass is 10.1. The molecular formula is C22H18BrN5. The van der Waals surface area contributed by atoms with E-state index in [1.165, 1.54) is 0 Å². The average Bonchev–Trinajstić information content (AvgIpc) is 2.73. The average molecular weight is 432 g/mol. The summed E-state index contributed by atoms with van der Waals surface area (Å²) in [7, 11) is 0. The van der Waals surface area contributed by atoms with E-state index in [0.717, 1.165) is 32.5 Å². The highest BCUT2D eigenvalue weighted by atomic mass is 79.9. The standard InChI is InChI=1S/C22H18BrN5/c1-15(16-11-13-17(23)14-12-16)27-28-22-21(24-18-7-3-2-4-8-18)25-19-9-5-6-10-20(19)26-22/h2-14H,1H3,(H,24,25)(H,26,28)/b27-15+. The minimum atomic E-state index is 0.569. The maximum atomic E-state index is 4.72. The number of hydrogen-bond donors (Lipinski definition) is 2. The molecule has 0 aliphatic rings. The summed E-state index contributed by atoms with van der Waals surface area (Å²) in [6.45, 7) is 1.95. The molecule has 0 aliphatic heterocycles. The molecule has 3 aromatic carbocycles. The summed E-state index contributed by atoms with van der Waals surface area (Å²) in [5.41, 5.74) is 7.52. The predicted octanol–water partition coefficient (Wildman–Crippen LogP) is 5.97. The van der Waals surface area contributed by atoms with Crippen molar-refractivity contribution in [1.29, 1.82) is 0 Å². The van der Waals surface area contributed by atoms with E-state index < -0.39 is 0 Å². The maximum absolute atomic E-state index is 4.72. The molecular weight excluding hydrogens is 414 g/mol. The number of fused-ring (bicyclic) bond motifs is 1. The van der Waals surface area contributed by atoms with Gasteiger partial charge in [0.05, 0.1) is 16.7 Å². The van der Waals surface area contributed by atoms with Crippen LogP contribution in [-0.2, 0) is 0 Å². The normalized spacial score (nSPS) is 11.4. The molecule has 5 nitrogen and oxygen atoms in total. The fraction of sp³-hybridized carbons (Fsp3) is 0.0455. The van der Waals surface area contributed by atoms with Crippen molar-refractivity contribution >= 4 is 50.0 Å². The van der Waals surface area contributed by atoms with Crippen LogP contribution in [0.15, 0.2) is 88.4 Å². The molecule has 0 saturated carbocycles.